The molecule has 4 nitrogen and oxygen atoms in total. The fourth-order valence-corrected chi connectivity index (χ4v) is 2.58. The van der Waals surface area contributed by atoms with E-state index in [9.17, 15) is 0 Å². The molecule has 0 amide bonds. The van der Waals surface area contributed by atoms with Gasteiger partial charge in [0.2, 0.25) is 0 Å². The smallest absolute Gasteiger partial charge is 0.169 e. The van der Waals surface area contributed by atoms with Crippen molar-refractivity contribution in [3.63, 3.8) is 0 Å². The number of furan rings is 1. The zero-order valence-corrected chi connectivity index (χ0v) is 11.6. The lowest BCUT2D eigenvalue weighted by atomic mass is 10.1. The lowest BCUT2D eigenvalue weighted by molar-refractivity contribution is 0.0653. The Balaban J connectivity index is 1.97. The second kappa shape index (κ2) is 6.00. The molecule has 0 bridgehead atoms. The largest absolute Gasteiger partial charge is 0.453 e. The summed E-state index contributed by atoms with van der Waals surface area (Å²) in [4.78, 5) is 2.21. The van der Waals surface area contributed by atoms with E-state index in [0.29, 0.717) is 12.6 Å². The van der Waals surface area contributed by atoms with Crippen molar-refractivity contribution in [1.29, 1.82) is 0 Å². The molecule has 5 heteroatoms. The quantitative estimate of drug-likeness (QED) is 0.905. The van der Waals surface area contributed by atoms with Crippen LogP contribution in [-0.2, 0) is 4.74 Å². The molecule has 17 heavy (non-hydrogen) atoms. The first-order valence-electron chi connectivity index (χ1n) is 5.98. The van der Waals surface area contributed by atoms with Gasteiger partial charge in [0.15, 0.2) is 4.67 Å². The van der Waals surface area contributed by atoms with E-state index >= 15 is 0 Å². The lowest BCUT2D eigenvalue weighted by Crippen LogP contribution is -2.35. The van der Waals surface area contributed by atoms with Gasteiger partial charge in [-0.3, -0.25) is 4.90 Å². The number of nitrogens with two attached hydrogens (primary N) is 1. The van der Waals surface area contributed by atoms with Crippen molar-refractivity contribution in [2.75, 3.05) is 26.7 Å². The maximum atomic E-state index is 5.83. The molecule has 0 aromatic carbocycles. The van der Waals surface area contributed by atoms with E-state index in [4.69, 9.17) is 14.9 Å². The Bertz CT molecular complexity index is 350. The topological polar surface area (TPSA) is 51.6 Å². The number of halogens is 1. The highest BCUT2D eigenvalue weighted by atomic mass is 79.9. The van der Waals surface area contributed by atoms with Crippen LogP contribution in [0.2, 0.25) is 0 Å². The van der Waals surface area contributed by atoms with Crippen LogP contribution in [0.4, 0.5) is 0 Å². The van der Waals surface area contributed by atoms with E-state index in [1.807, 2.05) is 12.1 Å². The Hall–Kier alpha value is -0.360. The number of hydrogen-bond acceptors (Lipinski definition) is 4. The van der Waals surface area contributed by atoms with Crippen LogP contribution in [0.5, 0.6) is 0 Å². The standard InChI is InChI=1S/C12H19BrN2O2/c1-15(8-9-3-2-6-16-9)10(7-14)11-4-5-12(13)17-11/h4-5,9-10H,2-3,6-8,14H2,1H3. The minimum absolute atomic E-state index is 0.116. The number of nitrogens with zero attached hydrogens (tertiary/aromatic N) is 1. The van der Waals surface area contributed by atoms with Gasteiger partial charge in [0.25, 0.3) is 0 Å². The van der Waals surface area contributed by atoms with Crippen molar-refractivity contribution in [3.8, 4) is 0 Å². The number of rotatable bonds is 5. The Kier molecular flexibility index (Phi) is 4.62. The fraction of sp³-hybridized carbons (Fsp3) is 0.667. The van der Waals surface area contributed by atoms with Gasteiger partial charge >= 0.3 is 0 Å². The number of likely N-dealkylation sites (N-methyl/N-ethyl adjacent to an activating group) is 1. The Labute approximate surface area is 110 Å². The van der Waals surface area contributed by atoms with E-state index in [-0.39, 0.29) is 6.04 Å². The highest BCUT2D eigenvalue weighted by molar-refractivity contribution is 9.10. The van der Waals surface area contributed by atoms with Crippen molar-refractivity contribution in [2.24, 2.45) is 5.73 Å². The molecular weight excluding hydrogens is 284 g/mol. The molecular formula is C12H19BrN2O2. The molecule has 1 saturated heterocycles. The van der Waals surface area contributed by atoms with Gasteiger partial charge in [-0.05, 0) is 48.0 Å². The van der Waals surface area contributed by atoms with E-state index < -0.39 is 0 Å². The summed E-state index contributed by atoms with van der Waals surface area (Å²) in [5, 5.41) is 0. The van der Waals surface area contributed by atoms with Crippen LogP contribution < -0.4 is 5.73 Å². The van der Waals surface area contributed by atoms with E-state index in [2.05, 4.69) is 27.9 Å². The van der Waals surface area contributed by atoms with Gasteiger partial charge < -0.3 is 14.9 Å². The molecule has 2 unspecified atom stereocenters. The monoisotopic (exact) mass is 302 g/mol. The Morgan fingerprint density at radius 1 is 1.59 bits per heavy atom. The Morgan fingerprint density at radius 2 is 2.41 bits per heavy atom. The third kappa shape index (κ3) is 3.31. The first-order valence-corrected chi connectivity index (χ1v) is 6.77. The predicted octanol–water partition coefficient (Wildman–Crippen LogP) is 2.15. The van der Waals surface area contributed by atoms with Gasteiger partial charge in [-0.1, -0.05) is 0 Å². The van der Waals surface area contributed by atoms with E-state index in [1.54, 1.807) is 0 Å². The van der Waals surface area contributed by atoms with Crippen LogP contribution in [0.25, 0.3) is 0 Å². The van der Waals surface area contributed by atoms with Crippen LogP contribution in [-0.4, -0.2) is 37.7 Å². The molecule has 0 saturated carbocycles. The van der Waals surface area contributed by atoms with Gasteiger partial charge in [-0.15, -0.1) is 0 Å². The molecule has 2 N–H and O–H groups in total. The van der Waals surface area contributed by atoms with Crippen LogP contribution in [0, 0.1) is 0 Å². The maximum absolute atomic E-state index is 5.83. The highest BCUT2D eigenvalue weighted by Crippen LogP contribution is 2.25. The third-order valence-electron chi connectivity index (χ3n) is 3.19. The minimum Gasteiger partial charge on any atom is -0.453 e. The summed E-state index contributed by atoms with van der Waals surface area (Å²) in [7, 11) is 2.07. The van der Waals surface area contributed by atoms with Crippen molar-refractivity contribution in [1.82, 2.24) is 4.90 Å². The molecule has 0 aliphatic carbocycles. The van der Waals surface area contributed by atoms with E-state index in [0.717, 1.165) is 36.4 Å². The normalized spacial score (nSPS) is 22.2. The minimum atomic E-state index is 0.116. The zero-order chi connectivity index (χ0) is 12.3. The predicted molar refractivity (Wildman–Crippen MR) is 69.8 cm³/mol. The van der Waals surface area contributed by atoms with Gasteiger partial charge in [0.05, 0.1) is 12.1 Å². The molecule has 96 valence electrons. The van der Waals surface area contributed by atoms with Crippen molar-refractivity contribution in [3.05, 3.63) is 22.6 Å². The summed E-state index contributed by atoms with van der Waals surface area (Å²) in [5.74, 6) is 0.903. The van der Waals surface area contributed by atoms with Gasteiger partial charge in [-0.2, -0.15) is 0 Å². The molecule has 0 radical (unpaired) electrons. The van der Waals surface area contributed by atoms with Crippen LogP contribution in [0.15, 0.2) is 21.2 Å². The number of hydrogen-bond donors (Lipinski definition) is 1. The van der Waals surface area contributed by atoms with Crippen molar-refractivity contribution >= 4 is 15.9 Å². The van der Waals surface area contributed by atoms with E-state index in [1.165, 1.54) is 0 Å². The highest BCUT2D eigenvalue weighted by Gasteiger charge is 2.24. The molecule has 1 aliphatic rings. The molecule has 2 rings (SSSR count). The summed E-state index contributed by atoms with van der Waals surface area (Å²) in [5.41, 5.74) is 5.83. The second-order valence-electron chi connectivity index (χ2n) is 4.47. The van der Waals surface area contributed by atoms with Crippen molar-refractivity contribution < 1.29 is 9.15 Å². The molecule has 1 aliphatic heterocycles. The molecule has 1 fully saturated rings. The SMILES string of the molecule is CN(CC1CCCO1)C(CN)c1ccc(Br)o1. The molecule has 2 atom stereocenters. The van der Waals surface area contributed by atoms with Crippen LogP contribution >= 0.6 is 15.9 Å². The third-order valence-corrected chi connectivity index (χ3v) is 3.62. The first-order chi connectivity index (χ1) is 8.20. The number of ether oxygens (including phenoxy) is 1. The average molecular weight is 303 g/mol. The lowest BCUT2D eigenvalue weighted by Gasteiger charge is -2.27. The van der Waals surface area contributed by atoms with Gasteiger partial charge in [-0.25, -0.2) is 0 Å². The second-order valence-corrected chi connectivity index (χ2v) is 5.25. The fourth-order valence-electron chi connectivity index (χ4n) is 2.26. The Morgan fingerprint density at radius 3 is 2.94 bits per heavy atom. The summed E-state index contributed by atoms with van der Waals surface area (Å²) in [6, 6.07) is 3.98. The molecule has 2 heterocycles. The summed E-state index contributed by atoms with van der Waals surface area (Å²) < 4.78 is 12.0. The van der Waals surface area contributed by atoms with Crippen LogP contribution in [0.1, 0.15) is 24.6 Å². The van der Waals surface area contributed by atoms with Gasteiger partial charge in [0, 0.05) is 19.7 Å². The van der Waals surface area contributed by atoms with Crippen molar-refractivity contribution in [2.45, 2.75) is 25.0 Å². The summed E-state index contributed by atoms with van der Waals surface area (Å²) in [6.45, 7) is 2.33. The molecule has 0 spiro atoms. The molecule has 1 aromatic heterocycles. The van der Waals surface area contributed by atoms with Gasteiger partial charge in [0.1, 0.15) is 5.76 Å². The van der Waals surface area contributed by atoms with Crippen LogP contribution in [0.3, 0.4) is 0 Å². The first kappa shape index (κ1) is 13.1. The molecule has 1 aromatic rings. The maximum Gasteiger partial charge on any atom is 0.169 e. The summed E-state index contributed by atoms with van der Waals surface area (Å²) >= 11 is 3.32. The zero-order valence-electron chi connectivity index (χ0n) is 10.1. The average Bonchev–Trinajstić information content (AvgIpc) is 2.91. The summed E-state index contributed by atoms with van der Waals surface area (Å²) in [6.07, 6.45) is 2.65.